The minimum atomic E-state index is -4.34. The van der Waals surface area contributed by atoms with Gasteiger partial charge in [-0.05, 0) is 56.7 Å². The monoisotopic (exact) mass is 545 g/mol. The highest BCUT2D eigenvalue weighted by atomic mass is 35.5. The molecule has 10 heteroatoms. The number of aryl methyl sites for hydroxylation is 1. The van der Waals surface area contributed by atoms with E-state index in [9.17, 15) is 22.4 Å². The Morgan fingerprint density at radius 1 is 1.00 bits per heavy atom. The summed E-state index contributed by atoms with van der Waals surface area (Å²) in [6.07, 6.45) is 0. The molecule has 0 spiro atoms. The Morgan fingerprint density at radius 2 is 1.62 bits per heavy atom. The van der Waals surface area contributed by atoms with Crippen LogP contribution in [0.25, 0.3) is 0 Å². The quantitative estimate of drug-likeness (QED) is 0.405. The second kappa shape index (κ2) is 12.2. The van der Waals surface area contributed by atoms with Gasteiger partial charge in [0.1, 0.15) is 18.4 Å². The Hall–Kier alpha value is -3.43. The lowest BCUT2D eigenvalue weighted by Crippen LogP contribution is -2.51. The number of anilines is 1. The number of rotatable bonds is 10. The molecule has 1 atom stereocenters. The molecule has 0 heterocycles. The van der Waals surface area contributed by atoms with Crippen molar-refractivity contribution < 1.29 is 22.4 Å². The minimum absolute atomic E-state index is 0.0491. The molecule has 0 aliphatic rings. The first-order chi connectivity index (χ1) is 17.6. The van der Waals surface area contributed by atoms with Crippen molar-refractivity contribution >= 4 is 39.1 Å². The van der Waals surface area contributed by atoms with Crippen LogP contribution in [-0.2, 0) is 26.2 Å². The van der Waals surface area contributed by atoms with Crippen LogP contribution < -0.4 is 9.62 Å². The highest BCUT2D eigenvalue weighted by molar-refractivity contribution is 7.92. The zero-order chi connectivity index (χ0) is 27.2. The summed E-state index contributed by atoms with van der Waals surface area (Å²) in [5, 5.41) is 3.07. The first kappa shape index (κ1) is 28.1. The number of halogens is 2. The Labute approximate surface area is 221 Å². The summed E-state index contributed by atoms with van der Waals surface area (Å²) in [5.74, 6) is -1.92. The van der Waals surface area contributed by atoms with Crippen LogP contribution in [-0.4, -0.2) is 44.3 Å². The molecule has 0 saturated heterocycles. The van der Waals surface area contributed by atoms with Crippen molar-refractivity contribution in [1.82, 2.24) is 10.2 Å². The van der Waals surface area contributed by atoms with Gasteiger partial charge in [0, 0.05) is 18.1 Å². The minimum Gasteiger partial charge on any atom is -0.355 e. The first-order valence-electron chi connectivity index (χ1n) is 11.7. The average molecular weight is 546 g/mol. The molecule has 3 aromatic carbocycles. The van der Waals surface area contributed by atoms with Crippen LogP contribution in [0.15, 0.2) is 77.7 Å². The van der Waals surface area contributed by atoms with E-state index in [4.69, 9.17) is 11.6 Å². The van der Waals surface area contributed by atoms with E-state index in [1.165, 1.54) is 35.2 Å². The van der Waals surface area contributed by atoms with Gasteiger partial charge in [-0.2, -0.15) is 0 Å². The van der Waals surface area contributed by atoms with Crippen LogP contribution in [0.2, 0.25) is 5.02 Å². The van der Waals surface area contributed by atoms with Gasteiger partial charge in [0.2, 0.25) is 11.8 Å². The van der Waals surface area contributed by atoms with Crippen LogP contribution in [0.3, 0.4) is 0 Å². The topological polar surface area (TPSA) is 86.8 Å². The zero-order valence-corrected chi connectivity index (χ0v) is 22.4. The van der Waals surface area contributed by atoms with Crippen molar-refractivity contribution in [3.63, 3.8) is 0 Å². The molecule has 0 radical (unpaired) electrons. The standard InChI is InChI=1S/C27H29ClFN3O4S/c1-4-30-27(34)20(3)31(17-21-9-5-6-10-23(21)28)26(33)18-32(25-12-8-7-11-24(25)29)37(35,36)22-15-13-19(2)14-16-22/h5-16,20H,4,17-18H2,1-3H3,(H,30,34)/t20-/m1/s1. The van der Waals surface area contributed by atoms with Crippen molar-refractivity contribution in [2.24, 2.45) is 0 Å². The van der Waals surface area contributed by atoms with Gasteiger partial charge < -0.3 is 10.2 Å². The van der Waals surface area contributed by atoms with Crippen molar-refractivity contribution in [1.29, 1.82) is 0 Å². The maximum Gasteiger partial charge on any atom is 0.264 e. The molecule has 3 rings (SSSR count). The highest BCUT2D eigenvalue weighted by Crippen LogP contribution is 2.27. The highest BCUT2D eigenvalue weighted by Gasteiger charge is 2.33. The lowest BCUT2D eigenvalue weighted by Gasteiger charge is -2.32. The largest absolute Gasteiger partial charge is 0.355 e. The second-order valence-corrected chi connectivity index (χ2v) is 10.7. The molecule has 0 bridgehead atoms. The summed E-state index contributed by atoms with van der Waals surface area (Å²) in [6.45, 7) is 4.67. The van der Waals surface area contributed by atoms with Gasteiger partial charge in [-0.1, -0.05) is 59.6 Å². The molecular formula is C27H29ClFN3O4S. The van der Waals surface area contributed by atoms with Gasteiger partial charge in [-0.15, -0.1) is 0 Å². The third-order valence-electron chi connectivity index (χ3n) is 5.83. The van der Waals surface area contributed by atoms with E-state index >= 15 is 0 Å². The predicted octanol–water partition coefficient (Wildman–Crippen LogP) is 4.54. The number of likely N-dealkylation sites (N-methyl/N-ethyl adjacent to an activating group) is 1. The van der Waals surface area contributed by atoms with Crippen molar-refractivity contribution in [3.8, 4) is 0 Å². The number of para-hydroxylation sites is 1. The normalized spacial score (nSPS) is 12.0. The molecule has 196 valence electrons. The summed E-state index contributed by atoms with van der Waals surface area (Å²) in [4.78, 5) is 27.6. The summed E-state index contributed by atoms with van der Waals surface area (Å²) in [7, 11) is -4.34. The number of hydrogen-bond donors (Lipinski definition) is 1. The van der Waals surface area contributed by atoms with Gasteiger partial charge in [0.05, 0.1) is 10.6 Å². The first-order valence-corrected chi connectivity index (χ1v) is 13.5. The molecule has 3 aromatic rings. The molecule has 0 aliphatic heterocycles. The fourth-order valence-corrected chi connectivity index (χ4v) is 5.34. The molecule has 0 saturated carbocycles. The Bertz CT molecular complexity index is 1370. The predicted molar refractivity (Wildman–Crippen MR) is 142 cm³/mol. The van der Waals surface area contributed by atoms with Crippen LogP contribution >= 0.6 is 11.6 Å². The van der Waals surface area contributed by atoms with E-state index in [0.717, 1.165) is 15.9 Å². The number of amides is 2. The number of nitrogens with one attached hydrogen (secondary N) is 1. The van der Waals surface area contributed by atoms with Crippen molar-refractivity contribution in [3.05, 3.63) is 94.8 Å². The van der Waals surface area contributed by atoms with E-state index in [0.29, 0.717) is 17.1 Å². The van der Waals surface area contributed by atoms with E-state index < -0.39 is 40.2 Å². The van der Waals surface area contributed by atoms with Crippen LogP contribution in [0, 0.1) is 12.7 Å². The summed E-state index contributed by atoms with van der Waals surface area (Å²) >= 11 is 6.31. The Morgan fingerprint density at radius 3 is 2.24 bits per heavy atom. The van der Waals surface area contributed by atoms with E-state index in [1.807, 2.05) is 6.92 Å². The molecule has 37 heavy (non-hydrogen) atoms. The maximum absolute atomic E-state index is 14.9. The molecule has 0 unspecified atom stereocenters. The molecule has 1 N–H and O–H groups in total. The molecule has 0 aliphatic carbocycles. The van der Waals surface area contributed by atoms with Gasteiger partial charge in [0.15, 0.2) is 0 Å². The van der Waals surface area contributed by atoms with E-state index in [2.05, 4.69) is 5.32 Å². The van der Waals surface area contributed by atoms with Gasteiger partial charge >= 0.3 is 0 Å². The third-order valence-corrected chi connectivity index (χ3v) is 7.97. The molecular weight excluding hydrogens is 517 g/mol. The number of hydrogen-bond acceptors (Lipinski definition) is 4. The number of nitrogens with zero attached hydrogens (tertiary/aromatic N) is 2. The summed E-state index contributed by atoms with van der Waals surface area (Å²) in [6, 6.07) is 17.3. The van der Waals surface area contributed by atoms with Gasteiger partial charge in [0.25, 0.3) is 10.0 Å². The lowest BCUT2D eigenvalue weighted by molar-refractivity contribution is -0.139. The average Bonchev–Trinajstić information content (AvgIpc) is 2.87. The molecule has 2 amide bonds. The Kier molecular flexibility index (Phi) is 9.29. The van der Waals surface area contributed by atoms with Crippen LogP contribution in [0.4, 0.5) is 10.1 Å². The number of carbonyl (C=O) groups excluding carboxylic acids is 2. The SMILES string of the molecule is CCNC(=O)[C@@H](C)N(Cc1ccccc1Cl)C(=O)CN(c1ccccc1F)S(=O)(=O)c1ccc(C)cc1. The van der Waals surface area contributed by atoms with Crippen LogP contribution in [0.1, 0.15) is 25.0 Å². The lowest BCUT2D eigenvalue weighted by atomic mass is 10.1. The van der Waals surface area contributed by atoms with Crippen molar-refractivity contribution in [2.75, 3.05) is 17.4 Å². The molecule has 0 fully saturated rings. The fourth-order valence-electron chi connectivity index (χ4n) is 3.72. The molecule has 7 nitrogen and oxygen atoms in total. The Balaban J connectivity index is 2.05. The van der Waals surface area contributed by atoms with Gasteiger partial charge in [-0.25, -0.2) is 12.8 Å². The van der Waals surface area contributed by atoms with Crippen LogP contribution in [0.5, 0.6) is 0 Å². The third kappa shape index (κ3) is 6.67. The van der Waals surface area contributed by atoms with E-state index in [-0.39, 0.29) is 17.1 Å². The molecule has 0 aromatic heterocycles. The summed E-state index contributed by atoms with van der Waals surface area (Å²) < 4.78 is 42.9. The summed E-state index contributed by atoms with van der Waals surface area (Å²) in [5.41, 5.74) is 1.14. The number of benzene rings is 3. The number of sulfonamides is 1. The van der Waals surface area contributed by atoms with Gasteiger partial charge in [-0.3, -0.25) is 13.9 Å². The second-order valence-electron chi connectivity index (χ2n) is 8.46. The van der Waals surface area contributed by atoms with Crippen molar-refractivity contribution in [2.45, 2.75) is 38.3 Å². The van der Waals surface area contributed by atoms with E-state index in [1.54, 1.807) is 50.2 Å². The fraction of sp³-hybridized carbons (Fsp3) is 0.259. The smallest absolute Gasteiger partial charge is 0.264 e. The zero-order valence-electron chi connectivity index (χ0n) is 20.8. The maximum atomic E-state index is 14.9. The number of carbonyl (C=O) groups is 2.